The topological polar surface area (TPSA) is 396 Å². The quantitative estimate of drug-likeness (QED) is 0.101. The minimum atomic E-state index is -2.97. The van der Waals surface area contributed by atoms with E-state index in [9.17, 15) is 69.0 Å². The largest absolute Gasteiger partial charge is 2.00 e. The van der Waals surface area contributed by atoms with Crippen molar-refractivity contribution < 1.29 is 99.6 Å². The smallest absolute Gasteiger partial charge is 0.550 e. The summed E-state index contributed by atoms with van der Waals surface area (Å²) in [6.07, 6.45) is -9.96. The molecule has 2 unspecified atom stereocenters. The molecule has 0 saturated heterocycles. The van der Waals surface area contributed by atoms with Crippen molar-refractivity contribution in [3.05, 3.63) is 0 Å². The van der Waals surface area contributed by atoms with E-state index >= 15 is 0 Å². The van der Waals surface area contributed by atoms with E-state index in [1.165, 1.54) is 0 Å². The molecule has 0 radical (unpaired) electrons. The van der Waals surface area contributed by atoms with Crippen molar-refractivity contribution in [1.29, 1.82) is 0 Å². The van der Waals surface area contributed by atoms with Crippen molar-refractivity contribution in [2.45, 2.75) is 49.1 Å². The van der Waals surface area contributed by atoms with E-state index in [1.54, 1.807) is 0 Å². The number of rotatable bonds is 13. The van der Waals surface area contributed by atoms with E-state index < -0.39 is 96.8 Å². The Kier molecular flexibility index (Phi) is 31.5. The zero-order valence-corrected chi connectivity index (χ0v) is 26.1. The second-order valence-electron chi connectivity index (χ2n) is 6.40. The predicted molar refractivity (Wildman–Crippen MR) is 103 cm³/mol. The van der Waals surface area contributed by atoms with E-state index in [-0.39, 0.29) is 113 Å². The summed E-state index contributed by atoms with van der Waals surface area (Å²) in [5.41, 5.74) is -5.95. The zero-order chi connectivity index (χ0) is 29.6. The molecule has 0 spiro atoms. The molecule has 0 saturated carbocycles. The molecule has 39 heavy (non-hydrogen) atoms. The number of aliphatic hydroxyl groups is 4. The molecule has 6 N–H and O–H groups in total. The Labute approximate surface area is 305 Å². The van der Waals surface area contributed by atoms with E-state index in [2.05, 4.69) is 0 Å². The number of aliphatic carboxylic acids is 8. The minimum absolute atomic E-state index is 0. The van der Waals surface area contributed by atoms with Gasteiger partial charge in [0.25, 0.3) is 0 Å². The summed E-state index contributed by atoms with van der Waals surface area (Å²) in [5.74, 6) is -15.5. The van der Waals surface area contributed by atoms with E-state index in [4.69, 9.17) is 30.6 Å². The maximum Gasteiger partial charge on any atom is 2.00 e. The van der Waals surface area contributed by atoms with Gasteiger partial charge < -0.3 is 90.0 Å². The Bertz CT molecular complexity index is 771. The molecule has 0 aliphatic carbocycles. The number of hydrogen-bond donors (Lipinski definition) is 6. The van der Waals surface area contributed by atoms with Crippen LogP contribution in [0.5, 0.6) is 0 Å². The van der Waals surface area contributed by atoms with Crippen molar-refractivity contribution in [3.8, 4) is 0 Å². The van der Waals surface area contributed by atoms with E-state index in [1.807, 2.05) is 0 Å². The first-order valence-electron chi connectivity index (χ1n) is 8.51. The summed E-state index contributed by atoms with van der Waals surface area (Å²) >= 11 is 0. The summed E-state index contributed by atoms with van der Waals surface area (Å²) in [6, 6.07) is 0. The Hall–Kier alpha value is -0.621. The van der Waals surface area contributed by atoms with Crippen LogP contribution in [0.3, 0.4) is 0 Å². The molecular weight excluding hydrogens is 632 g/mol. The van der Waals surface area contributed by atoms with Gasteiger partial charge in [-0.3, -0.25) is 0 Å². The van der Waals surface area contributed by atoms with E-state index in [0.717, 1.165) is 0 Å². The SMILES string of the molecule is O=C(O)C(O)C(O)C(=O)O.O=C([O-])CC(O)(CC(=O)[O-])C(=O)[O-].O=C([O-])CC(O)(CC(=O)[O-])C(=O)[O-].[Ca+2].[Ca+2].[Ca+2]. The summed E-state index contributed by atoms with van der Waals surface area (Å²) < 4.78 is 0. The van der Waals surface area contributed by atoms with Gasteiger partial charge in [0.1, 0.15) is 11.2 Å². The molecule has 0 aliphatic rings. The molecule has 0 aromatic rings. The van der Waals surface area contributed by atoms with Crippen LogP contribution < -0.4 is 30.6 Å². The van der Waals surface area contributed by atoms with Gasteiger partial charge in [0, 0.05) is 49.6 Å². The van der Waals surface area contributed by atoms with Crippen molar-refractivity contribution in [2.24, 2.45) is 0 Å². The molecule has 206 valence electrons. The summed E-state index contributed by atoms with van der Waals surface area (Å²) in [5, 5.41) is 110. The Balaban J connectivity index is -0.000000102. The molecule has 23 heteroatoms. The average molecular weight is 649 g/mol. The first-order valence-corrected chi connectivity index (χ1v) is 8.51. The normalized spacial score (nSPS) is 11.3. The van der Waals surface area contributed by atoms with Crippen LogP contribution in [0.1, 0.15) is 25.7 Å². The van der Waals surface area contributed by atoms with Crippen LogP contribution in [0.15, 0.2) is 0 Å². The molecule has 0 fully saturated rings. The number of carbonyl (C=O) groups is 8. The summed E-state index contributed by atoms with van der Waals surface area (Å²) in [4.78, 5) is 79.5. The number of carboxylic acids is 8. The van der Waals surface area contributed by atoms with Gasteiger partial charge >= 0.3 is 125 Å². The molecule has 2 atom stereocenters. The monoisotopic (exact) mass is 648 g/mol. The van der Waals surface area contributed by atoms with Gasteiger partial charge in [0.15, 0.2) is 12.2 Å². The Morgan fingerprint density at radius 1 is 0.487 bits per heavy atom. The van der Waals surface area contributed by atoms with Gasteiger partial charge in [-0.2, -0.15) is 0 Å². The Morgan fingerprint density at radius 3 is 0.718 bits per heavy atom. The average Bonchev–Trinajstić information content (AvgIpc) is 2.64. The van der Waals surface area contributed by atoms with Crippen molar-refractivity contribution in [2.75, 3.05) is 0 Å². The van der Waals surface area contributed by atoms with Crippen LogP contribution in [0, 0.1) is 0 Å². The first kappa shape index (κ1) is 51.1. The second-order valence-corrected chi connectivity index (χ2v) is 6.40. The molecule has 0 aromatic heterocycles. The number of aliphatic hydroxyl groups excluding tert-OH is 2. The van der Waals surface area contributed by atoms with Crippen molar-refractivity contribution >= 4 is 161 Å². The van der Waals surface area contributed by atoms with Gasteiger partial charge in [-0.05, 0) is 0 Å². The van der Waals surface area contributed by atoms with Gasteiger partial charge in [-0.1, -0.05) is 0 Å². The maximum atomic E-state index is 10.1. The predicted octanol–water partition coefficient (Wildman–Crippen LogP) is -13.8. The minimum Gasteiger partial charge on any atom is -0.550 e. The van der Waals surface area contributed by atoms with Crippen LogP contribution in [-0.4, -0.2) is 215 Å². The van der Waals surface area contributed by atoms with Gasteiger partial charge in [0.2, 0.25) is 0 Å². The van der Waals surface area contributed by atoms with Gasteiger partial charge in [0.05, 0.1) is 11.9 Å². The van der Waals surface area contributed by atoms with Crippen LogP contribution in [0.2, 0.25) is 0 Å². The maximum absolute atomic E-state index is 10.1. The molecule has 0 amide bonds. The molecule has 0 bridgehead atoms. The fourth-order valence-electron chi connectivity index (χ4n) is 1.64. The standard InChI is InChI=1S/2C6H8O7.C4H6O6.3Ca/c2*7-3(8)1-6(13,5(11)12)2-4(9)10;5-1(3(7)8)2(6)4(9)10;;;/h2*13H,1-2H2,(H,7,8)(H,9,10)(H,11,12);1-2,5-6H,(H,7,8)(H,9,10);;;/q;;;3*+2/p-6. The molecule has 0 aliphatic heterocycles. The number of hydrogen-bond acceptors (Lipinski definition) is 18. The summed E-state index contributed by atoms with van der Waals surface area (Å²) in [7, 11) is 0. The van der Waals surface area contributed by atoms with Crippen molar-refractivity contribution in [3.63, 3.8) is 0 Å². The molecule has 0 aromatic carbocycles. The molecule has 0 heterocycles. The number of carbonyl (C=O) groups excluding carboxylic acids is 6. The van der Waals surface area contributed by atoms with Crippen LogP contribution >= 0.6 is 0 Å². The third kappa shape index (κ3) is 24.9. The molecule has 0 rings (SSSR count). The molecule has 20 nitrogen and oxygen atoms in total. The van der Waals surface area contributed by atoms with Crippen LogP contribution in [0.25, 0.3) is 0 Å². The third-order valence-electron chi connectivity index (χ3n) is 3.31. The van der Waals surface area contributed by atoms with Gasteiger partial charge in [-0.25, -0.2) is 9.59 Å². The number of carboxylic acid groups (broad SMARTS) is 8. The fourth-order valence-corrected chi connectivity index (χ4v) is 1.64. The Morgan fingerprint density at radius 2 is 0.641 bits per heavy atom. The van der Waals surface area contributed by atoms with Crippen LogP contribution in [-0.2, 0) is 38.4 Å². The first-order chi connectivity index (χ1) is 16.0. The van der Waals surface area contributed by atoms with Crippen LogP contribution in [0.4, 0.5) is 0 Å². The molecular formula is C16H16Ca3O20. The fraction of sp³-hybridized carbons (Fsp3) is 0.500. The van der Waals surface area contributed by atoms with Gasteiger partial charge in [-0.15, -0.1) is 0 Å². The van der Waals surface area contributed by atoms with E-state index in [0.29, 0.717) is 0 Å². The third-order valence-corrected chi connectivity index (χ3v) is 3.31. The second kappa shape index (κ2) is 24.0. The summed E-state index contributed by atoms with van der Waals surface area (Å²) in [6.45, 7) is 0. The van der Waals surface area contributed by atoms with Crippen molar-refractivity contribution in [1.82, 2.24) is 0 Å². The zero-order valence-electron chi connectivity index (χ0n) is 19.5.